The molecule has 0 spiro atoms. The van der Waals surface area contributed by atoms with Gasteiger partial charge < -0.3 is 14.6 Å². The molecule has 4 nitrogen and oxygen atoms in total. The number of amides is 1. The quantitative estimate of drug-likeness (QED) is 0.520. The molecule has 1 aliphatic heterocycles. The molecule has 0 fully saturated rings. The van der Waals surface area contributed by atoms with Crippen molar-refractivity contribution in [3.63, 3.8) is 0 Å². The highest BCUT2D eigenvalue weighted by molar-refractivity contribution is 5.95. The van der Waals surface area contributed by atoms with E-state index in [1.54, 1.807) is 19.2 Å². The molecule has 1 aromatic heterocycles. The van der Waals surface area contributed by atoms with E-state index in [1.165, 1.54) is 17.7 Å². The molecule has 3 aromatic carbocycles. The predicted molar refractivity (Wildman–Crippen MR) is 114 cm³/mol. The first-order chi connectivity index (χ1) is 14.7. The number of hydrogen-bond acceptors (Lipinski definition) is 2. The van der Waals surface area contributed by atoms with Gasteiger partial charge in [0.2, 0.25) is 0 Å². The van der Waals surface area contributed by atoms with Crippen molar-refractivity contribution < 1.29 is 13.9 Å². The van der Waals surface area contributed by atoms with E-state index in [9.17, 15) is 9.18 Å². The van der Waals surface area contributed by atoms with E-state index >= 15 is 0 Å². The number of carbonyl (C=O) groups excluding carboxylic acids is 1. The normalized spacial score (nSPS) is 15.8. The fourth-order valence-corrected chi connectivity index (χ4v) is 4.35. The van der Waals surface area contributed by atoms with Crippen molar-refractivity contribution >= 4 is 16.8 Å². The van der Waals surface area contributed by atoms with Crippen molar-refractivity contribution in [2.45, 2.75) is 12.5 Å². The average Bonchev–Trinajstić information content (AvgIpc) is 3.17. The summed E-state index contributed by atoms with van der Waals surface area (Å²) in [5.41, 5.74) is 4.67. The first-order valence-electron chi connectivity index (χ1n) is 9.95. The SMILES string of the molecule is COc1ccc2[nH]c3c(c2c1)CCN(C(=O)c1ccccc1)C3c1ccc(F)cc1. The Kier molecular flexibility index (Phi) is 4.51. The second-order valence-corrected chi connectivity index (χ2v) is 7.50. The molecule has 5 rings (SSSR count). The van der Waals surface area contributed by atoms with Crippen LogP contribution in [0.25, 0.3) is 10.9 Å². The molecule has 0 bridgehead atoms. The second kappa shape index (κ2) is 7.34. The average molecular weight is 400 g/mol. The summed E-state index contributed by atoms with van der Waals surface area (Å²) in [4.78, 5) is 18.8. The Morgan fingerprint density at radius 2 is 1.83 bits per heavy atom. The van der Waals surface area contributed by atoms with Gasteiger partial charge in [-0.25, -0.2) is 4.39 Å². The number of aromatic nitrogens is 1. The van der Waals surface area contributed by atoms with Crippen molar-refractivity contribution in [3.8, 4) is 5.75 Å². The number of ether oxygens (including phenoxy) is 1. The van der Waals surface area contributed by atoms with Gasteiger partial charge in [-0.15, -0.1) is 0 Å². The third kappa shape index (κ3) is 3.03. The summed E-state index contributed by atoms with van der Waals surface area (Å²) in [6.45, 7) is 0.576. The zero-order chi connectivity index (χ0) is 20.7. The van der Waals surface area contributed by atoms with Gasteiger partial charge in [0.1, 0.15) is 11.6 Å². The van der Waals surface area contributed by atoms with E-state index in [-0.39, 0.29) is 17.8 Å². The third-order valence-electron chi connectivity index (χ3n) is 5.80. The van der Waals surface area contributed by atoms with Gasteiger partial charge in [-0.05, 0) is 60.0 Å². The molecule has 1 unspecified atom stereocenters. The molecular weight excluding hydrogens is 379 g/mol. The highest BCUT2D eigenvalue weighted by atomic mass is 19.1. The lowest BCUT2D eigenvalue weighted by atomic mass is 9.91. The molecule has 4 aromatic rings. The van der Waals surface area contributed by atoms with Gasteiger partial charge in [0.15, 0.2) is 0 Å². The number of carbonyl (C=O) groups is 1. The van der Waals surface area contributed by atoms with Crippen LogP contribution in [0.3, 0.4) is 0 Å². The van der Waals surface area contributed by atoms with Gasteiger partial charge in [0.25, 0.3) is 5.91 Å². The fourth-order valence-electron chi connectivity index (χ4n) is 4.35. The van der Waals surface area contributed by atoms with E-state index in [2.05, 4.69) is 4.98 Å². The summed E-state index contributed by atoms with van der Waals surface area (Å²) in [6.07, 6.45) is 0.735. The summed E-state index contributed by atoms with van der Waals surface area (Å²) in [5.74, 6) is 0.467. The number of methoxy groups -OCH3 is 1. The van der Waals surface area contributed by atoms with Gasteiger partial charge in [-0.2, -0.15) is 0 Å². The van der Waals surface area contributed by atoms with Gasteiger partial charge in [0, 0.05) is 28.7 Å². The maximum Gasteiger partial charge on any atom is 0.254 e. The Bertz CT molecular complexity index is 1220. The van der Waals surface area contributed by atoms with Crippen LogP contribution in [-0.2, 0) is 6.42 Å². The number of H-pyrrole nitrogens is 1. The number of rotatable bonds is 3. The van der Waals surface area contributed by atoms with Crippen LogP contribution in [0.5, 0.6) is 5.75 Å². The molecular formula is C25H21FN2O2. The van der Waals surface area contributed by atoms with Gasteiger partial charge in [-0.1, -0.05) is 30.3 Å². The Morgan fingerprint density at radius 1 is 1.07 bits per heavy atom. The van der Waals surface area contributed by atoms with Gasteiger partial charge in [0.05, 0.1) is 13.2 Å². The highest BCUT2D eigenvalue weighted by Gasteiger charge is 2.35. The number of benzene rings is 3. The van der Waals surface area contributed by atoms with Crippen LogP contribution in [0.15, 0.2) is 72.8 Å². The van der Waals surface area contributed by atoms with Crippen molar-refractivity contribution in [3.05, 3.63) is 101 Å². The van der Waals surface area contributed by atoms with E-state index < -0.39 is 0 Å². The number of nitrogens with one attached hydrogen (secondary N) is 1. The fraction of sp³-hybridized carbons (Fsp3) is 0.160. The molecule has 5 heteroatoms. The maximum atomic E-state index is 13.6. The summed E-state index contributed by atoms with van der Waals surface area (Å²) >= 11 is 0. The van der Waals surface area contributed by atoms with Crippen molar-refractivity contribution in [2.24, 2.45) is 0 Å². The summed E-state index contributed by atoms with van der Waals surface area (Å²) in [7, 11) is 1.65. The third-order valence-corrected chi connectivity index (χ3v) is 5.80. The van der Waals surface area contributed by atoms with Crippen LogP contribution in [0, 0.1) is 5.82 Å². The van der Waals surface area contributed by atoms with E-state index in [0.29, 0.717) is 12.1 Å². The number of fused-ring (bicyclic) bond motifs is 3. The van der Waals surface area contributed by atoms with Gasteiger partial charge >= 0.3 is 0 Å². The van der Waals surface area contributed by atoms with E-state index in [4.69, 9.17) is 4.74 Å². The largest absolute Gasteiger partial charge is 0.497 e. The summed E-state index contributed by atoms with van der Waals surface area (Å²) < 4.78 is 19.0. The van der Waals surface area contributed by atoms with Crippen molar-refractivity contribution in [1.29, 1.82) is 0 Å². The molecule has 30 heavy (non-hydrogen) atoms. The predicted octanol–water partition coefficient (Wildman–Crippen LogP) is 5.10. The summed E-state index contributed by atoms with van der Waals surface area (Å²) in [6, 6.07) is 21.3. The monoisotopic (exact) mass is 400 g/mol. The first-order valence-corrected chi connectivity index (χ1v) is 9.95. The molecule has 2 heterocycles. The second-order valence-electron chi connectivity index (χ2n) is 7.50. The van der Waals surface area contributed by atoms with Gasteiger partial charge in [-0.3, -0.25) is 4.79 Å². The van der Waals surface area contributed by atoms with Crippen LogP contribution in [0.1, 0.15) is 33.2 Å². The number of aromatic amines is 1. The summed E-state index contributed by atoms with van der Waals surface area (Å²) in [5, 5.41) is 1.10. The minimum atomic E-state index is -0.319. The van der Waals surface area contributed by atoms with E-state index in [1.807, 2.05) is 53.4 Å². The minimum absolute atomic E-state index is 0.0354. The Labute approximate surface area is 173 Å². The molecule has 1 amide bonds. The maximum absolute atomic E-state index is 13.6. The van der Waals surface area contributed by atoms with Crippen LogP contribution in [-0.4, -0.2) is 29.4 Å². The molecule has 1 atom stereocenters. The zero-order valence-corrected chi connectivity index (χ0v) is 16.6. The van der Waals surface area contributed by atoms with Crippen molar-refractivity contribution in [1.82, 2.24) is 9.88 Å². The molecule has 1 N–H and O–H groups in total. The lowest BCUT2D eigenvalue weighted by molar-refractivity contribution is 0.0692. The molecule has 0 aliphatic carbocycles. The van der Waals surface area contributed by atoms with Crippen molar-refractivity contribution in [2.75, 3.05) is 13.7 Å². The molecule has 0 radical (unpaired) electrons. The van der Waals surface area contributed by atoms with Crippen LogP contribution >= 0.6 is 0 Å². The minimum Gasteiger partial charge on any atom is -0.497 e. The van der Waals surface area contributed by atoms with Crippen LogP contribution in [0.2, 0.25) is 0 Å². The number of hydrogen-bond donors (Lipinski definition) is 1. The molecule has 150 valence electrons. The molecule has 1 aliphatic rings. The van der Waals surface area contributed by atoms with Crippen LogP contribution in [0.4, 0.5) is 4.39 Å². The lowest BCUT2D eigenvalue weighted by Crippen LogP contribution is -2.40. The first kappa shape index (κ1) is 18.4. The number of nitrogens with zero attached hydrogens (tertiary/aromatic N) is 1. The molecule has 0 saturated heterocycles. The Balaban J connectivity index is 1.67. The Morgan fingerprint density at radius 3 is 2.57 bits per heavy atom. The molecule has 0 saturated carbocycles. The zero-order valence-electron chi connectivity index (χ0n) is 16.6. The topological polar surface area (TPSA) is 45.3 Å². The van der Waals surface area contributed by atoms with E-state index in [0.717, 1.165) is 34.3 Å². The lowest BCUT2D eigenvalue weighted by Gasteiger charge is -2.36. The standard InChI is InChI=1S/C25H21FN2O2/c1-30-19-11-12-22-21(15-19)20-13-14-28(25(29)17-5-3-2-4-6-17)24(23(20)27-22)16-7-9-18(26)10-8-16/h2-12,15,24,27H,13-14H2,1H3. The Hall–Kier alpha value is -3.60. The highest BCUT2D eigenvalue weighted by Crippen LogP contribution is 2.40. The van der Waals surface area contributed by atoms with Crippen LogP contribution < -0.4 is 4.74 Å². The number of halogens is 1. The smallest absolute Gasteiger partial charge is 0.254 e.